The molecule has 3 rings (SSSR count). The minimum atomic E-state index is -3.25. The number of amides is 1. The van der Waals surface area contributed by atoms with E-state index in [1.165, 1.54) is 12.8 Å². The maximum absolute atomic E-state index is 12.5. The second kappa shape index (κ2) is 6.87. The van der Waals surface area contributed by atoms with Gasteiger partial charge in [0.05, 0.1) is 5.25 Å². The van der Waals surface area contributed by atoms with E-state index in [4.69, 9.17) is 0 Å². The minimum absolute atomic E-state index is 0.159. The predicted molar refractivity (Wildman–Crippen MR) is 86.5 cm³/mol. The van der Waals surface area contributed by atoms with Gasteiger partial charge < -0.3 is 9.80 Å². The molecule has 0 aromatic heterocycles. The molecule has 1 saturated carbocycles. The van der Waals surface area contributed by atoms with Crippen LogP contribution in [0, 0.1) is 0 Å². The van der Waals surface area contributed by atoms with Crippen LogP contribution in [0.25, 0.3) is 0 Å². The summed E-state index contributed by atoms with van der Waals surface area (Å²) < 4.78 is 24.8. The number of hydrogen-bond donors (Lipinski definition) is 0. The summed E-state index contributed by atoms with van der Waals surface area (Å²) in [6, 6.07) is 0.226. The molecule has 0 N–H and O–H groups in total. The Kier molecular flexibility index (Phi) is 5.07. The highest BCUT2D eigenvalue weighted by Gasteiger charge is 2.36. The third-order valence-electron chi connectivity index (χ3n) is 5.50. The number of likely N-dealkylation sites (tertiary alicyclic amines) is 2. The Morgan fingerprint density at radius 1 is 0.909 bits per heavy atom. The van der Waals surface area contributed by atoms with Crippen LogP contribution < -0.4 is 0 Å². The highest BCUT2D eigenvalue weighted by atomic mass is 32.2. The largest absolute Gasteiger partial charge is 0.338 e. The lowest BCUT2D eigenvalue weighted by molar-refractivity contribution is -0.129. The van der Waals surface area contributed by atoms with Crippen LogP contribution in [-0.4, -0.2) is 67.3 Å². The van der Waals surface area contributed by atoms with Gasteiger partial charge in [0.1, 0.15) is 5.75 Å². The Balaban J connectivity index is 1.58. The Labute approximate surface area is 134 Å². The van der Waals surface area contributed by atoms with Gasteiger partial charge in [-0.05, 0) is 51.6 Å². The number of carbonyl (C=O) groups excluding carboxylic acids is 1. The molecule has 1 atom stereocenters. The zero-order valence-electron chi connectivity index (χ0n) is 13.4. The van der Waals surface area contributed by atoms with Crippen molar-refractivity contribution in [1.82, 2.24) is 9.80 Å². The van der Waals surface area contributed by atoms with Gasteiger partial charge in [-0.3, -0.25) is 4.79 Å². The molecule has 126 valence electrons. The molecule has 2 saturated heterocycles. The van der Waals surface area contributed by atoms with Crippen LogP contribution in [0.4, 0.5) is 0 Å². The van der Waals surface area contributed by atoms with E-state index in [0.717, 1.165) is 64.7 Å². The fourth-order valence-electron chi connectivity index (χ4n) is 4.24. The predicted octanol–water partition coefficient (Wildman–Crippen LogP) is 1.43. The second-order valence-electron chi connectivity index (χ2n) is 7.10. The zero-order chi connectivity index (χ0) is 15.6. The van der Waals surface area contributed by atoms with Crippen LogP contribution in [0.3, 0.4) is 0 Å². The standard InChI is InChI=1S/C16H28N2O3S/c19-16(13-22(20,21)15-7-1-2-8-15)18-11-5-6-14(18)12-17-9-3-4-10-17/h14-15H,1-13H2. The number of nitrogens with zero attached hydrogens (tertiary/aromatic N) is 2. The molecule has 1 unspecified atom stereocenters. The van der Waals surface area contributed by atoms with Crippen molar-refractivity contribution in [3.8, 4) is 0 Å². The molecular formula is C16H28N2O3S. The maximum atomic E-state index is 12.5. The SMILES string of the molecule is O=C(CS(=O)(=O)C1CCCC1)N1CCCC1CN1CCCC1. The first kappa shape index (κ1) is 16.2. The summed E-state index contributed by atoms with van der Waals surface area (Å²) in [6.45, 7) is 3.91. The third kappa shape index (κ3) is 3.65. The molecule has 0 radical (unpaired) electrons. The molecule has 0 spiro atoms. The number of sulfone groups is 1. The molecule has 0 aromatic rings. The van der Waals surface area contributed by atoms with Gasteiger partial charge in [-0.2, -0.15) is 0 Å². The van der Waals surface area contributed by atoms with Crippen molar-refractivity contribution in [3.63, 3.8) is 0 Å². The van der Waals surface area contributed by atoms with Crippen LogP contribution in [0.1, 0.15) is 51.4 Å². The molecule has 0 aromatic carbocycles. The highest BCUT2D eigenvalue weighted by Crippen LogP contribution is 2.26. The minimum Gasteiger partial charge on any atom is -0.338 e. The summed E-state index contributed by atoms with van der Waals surface area (Å²) in [7, 11) is -3.25. The molecular weight excluding hydrogens is 300 g/mol. The van der Waals surface area contributed by atoms with Crippen molar-refractivity contribution in [2.45, 2.75) is 62.7 Å². The van der Waals surface area contributed by atoms with E-state index in [-0.39, 0.29) is 23.0 Å². The molecule has 3 fully saturated rings. The van der Waals surface area contributed by atoms with Crippen LogP contribution in [-0.2, 0) is 14.6 Å². The first-order valence-electron chi connectivity index (χ1n) is 8.80. The fourth-order valence-corrected chi connectivity index (χ4v) is 6.03. The van der Waals surface area contributed by atoms with E-state index in [2.05, 4.69) is 4.90 Å². The van der Waals surface area contributed by atoms with Crippen LogP contribution >= 0.6 is 0 Å². The Hall–Kier alpha value is -0.620. The van der Waals surface area contributed by atoms with Crippen molar-refractivity contribution in [1.29, 1.82) is 0 Å². The Morgan fingerprint density at radius 2 is 1.59 bits per heavy atom. The normalized spacial score (nSPS) is 27.8. The van der Waals surface area contributed by atoms with Gasteiger partial charge in [0.2, 0.25) is 5.91 Å². The lowest BCUT2D eigenvalue weighted by Crippen LogP contribution is -2.45. The average molecular weight is 328 g/mol. The van der Waals surface area contributed by atoms with Gasteiger partial charge in [-0.1, -0.05) is 12.8 Å². The van der Waals surface area contributed by atoms with Crippen molar-refractivity contribution in [3.05, 3.63) is 0 Å². The maximum Gasteiger partial charge on any atom is 0.238 e. The van der Waals surface area contributed by atoms with E-state index >= 15 is 0 Å². The smallest absolute Gasteiger partial charge is 0.238 e. The summed E-state index contributed by atoms with van der Waals surface area (Å²) in [5, 5.41) is -0.268. The topological polar surface area (TPSA) is 57.7 Å². The molecule has 2 aliphatic heterocycles. The molecule has 22 heavy (non-hydrogen) atoms. The van der Waals surface area contributed by atoms with Crippen molar-refractivity contribution >= 4 is 15.7 Å². The average Bonchev–Trinajstić information content (AvgIpc) is 3.21. The zero-order valence-corrected chi connectivity index (χ0v) is 14.2. The van der Waals surface area contributed by atoms with Gasteiger partial charge in [-0.15, -0.1) is 0 Å². The highest BCUT2D eigenvalue weighted by molar-refractivity contribution is 7.92. The van der Waals surface area contributed by atoms with E-state index in [1.807, 2.05) is 4.90 Å². The quantitative estimate of drug-likeness (QED) is 0.766. The van der Waals surface area contributed by atoms with Crippen LogP contribution in [0.5, 0.6) is 0 Å². The summed E-state index contributed by atoms with van der Waals surface area (Å²) in [4.78, 5) is 16.8. The monoisotopic (exact) mass is 328 g/mol. The first-order chi connectivity index (χ1) is 10.6. The first-order valence-corrected chi connectivity index (χ1v) is 10.5. The van der Waals surface area contributed by atoms with Gasteiger partial charge in [0.25, 0.3) is 0 Å². The summed E-state index contributed by atoms with van der Waals surface area (Å²) in [6.07, 6.45) is 7.98. The summed E-state index contributed by atoms with van der Waals surface area (Å²) >= 11 is 0. The van der Waals surface area contributed by atoms with Gasteiger partial charge >= 0.3 is 0 Å². The van der Waals surface area contributed by atoms with Gasteiger partial charge in [-0.25, -0.2) is 8.42 Å². The second-order valence-corrected chi connectivity index (χ2v) is 9.39. The van der Waals surface area contributed by atoms with Crippen LogP contribution in [0.15, 0.2) is 0 Å². The molecule has 1 amide bonds. The molecule has 1 aliphatic carbocycles. The van der Waals surface area contributed by atoms with E-state index in [9.17, 15) is 13.2 Å². The van der Waals surface area contributed by atoms with Gasteiger partial charge in [0.15, 0.2) is 9.84 Å². The van der Waals surface area contributed by atoms with E-state index in [1.54, 1.807) is 0 Å². The summed E-state index contributed by atoms with van der Waals surface area (Å²) in [5.41, 5.74) is 0. The van der Waals surface area contributed by atoms with E-state index in [0.29, 0.717) is 0 Å². The molecule has 2 heterocycles. The molecule has 5 nitrogen and oxygen atoms in total. The lowest BCUT2D eigenvalue weighted by Gasteiger charge is -2.28. The Morgan fingerprint density at radius 3 is 2.27 bits per heavy atom. The lowest BCUT2D eigenvalue weighted by atomic mass is 10.2. The molecule has 6 heteroatoms. The molecule has 0 bridgehead atoms. The Bertz CT molecular complexity index is 494. The number of rotatable bonds is 5. The van der Waals surface area contributed by atoms with Crippen molar-refractivity contribution < 1.29 is 13.2 Å². The number of carbonyl (C=O) groups is 1. The van der Waals surface area contributed by atoms with Crippen molar-refractivity contribution in [2.24, 2.45) is 0 Å². The van der Waals surface area contributed by atoms with Crippen LogP contribution in [0.2, 0.25) is 0 Å². The van der Waals surface area contributed by atoms with Crippen molar-refractivity contribution in [2.75, 3.05) is 31.9 Å². The number of hydrogen-bond acceptors (Lipinski definition) is 4. The summed E-state index contributed by atoms with van der Waals surface area (Å²) in [5.74, 6) is -0.428. The molecule has 3 aliphatic rings. The van der Waals surface area contributed by atoms with E-state index < -0.39 is 9.84 Å². The van der Waals surface area contributed by atoms with Gasteiger partial charge in [0, 0.05) is 19.1 Å². The third-order valence-corrected chi connectivity index (χ3v) is 7.64. The fraction of sp³-hybridized carbons (Fsp3) is 0.938.